The van der Waals surface area contributed by atoms with Crippen molar-refractivity contribution in [3.8, 4) is 9.86 Å². The Balaban J connectivity index is 2.71. The first-order valence-corrected chi connectivity index (χ1v) is 17.9. The first-order valence-electron chi connectivity index (χ1n) is 10.5. The van der Waals surface area contributed by atoms with Crippen LogP contribution in [0.15, 0.2) is 0 Å². The topological polar surface area (TPSA) is 18.5 Å². The van der Waals surface area contributed by atoms with Gasteiger partial charge in [0.15, 0.2) is 0 Å². The van der Waals surface area contributed by atoms with Crippen LogP contribution in [0.5, 0.6) is 0 Å². The average Bonchev–Trinajstić information content (AvgIpc) is 2.61. The molecule has 2 nitrogen and oxygen atoms in total. The van der Waals surface area contributed by atoms with Crippen LogP contribution in [0.25, 0.3) is 0 Å². The third-order valence-electron chi connectivity index (χ3n) is 5.06. The first-order chi connectivity index (χ1) is 11.7. The van der Waals surface area contributed by atoms with Crippen molar-refractivity contribution >= 4 is 18.4 Å². The van der Waals surface area contributed by atoms with E-state index in [1.54, 1.807) is 0 Å². The first kappa shape index (κ1) is 22.3. The fourth-order valence-corrected chi connectivity index (χ4v) is 16.9. The summed E-state index contributed by atoms with van der Waals surface area (Å²) in [6.45, 7) is 9.90. The van der Waals surface area contributed by atoms with E-state index in [0.29, 0.717) is 0 Å². The van der Waals surface area contributed by atoms with E-state index in [1.807, 2.05) is 0 Å². The van der Waals surface area contributed by atoms with Gasteiger partial charge in [-0.15, -0.1) is 0 Å². The second-order valence-corrected chi connectivity index (χ2v) is 19.7. The van der Waals surface area contributed by atoms with Crippen molar-refractivity contribution in [2.24, 2.45) is 0 Å². The summed E-state index contributed by atoms with van der Waals surface area (Å²) in [4.78, 5) is 0. The molecule has 1 aliphatic heterocycles. The molecule has 0 N–H and O–H groups in total. The molecule has 0 aromatic rings. The monoisotopic (exact) mass is 444 g/mol. The summed E-state index contributed by atoms with van der Waals surface area (Å²) in [6, 6.07) is 0. The minimum atomic E-state index is -2.32. The van der Waals surface area contributed by atoms with E-state index in [4.69, 9.17) is 9.47 Å². The summed E-state index contributed by atoms with van der Waals surface area (Å²) in [5.41, 5.74) is 0. The van der Waals surface area contributed by atoms with Crippen molar-refractivity contribution in [1.29, 1.82) is 0 Å². The molecule has 1 aliphatic rings. The molecule has 0 radical (unpaired) electrons. The second-order valence-electron chi connectivity index (χ2n) is 7.43. The zero-order valence-corrected chi connectivity index (χ0v) is 19.5. The molecule has 0 saturated carbocycles. The van der Waals surface area contributed by atoms with Gasteiger partial charge in [-0.3, -0.25) is 0 Å². The molecule has 1 rings (SSSR count). The summed E-state index contributed by atoms with van der Waals surface area (Å²) in [5.74, 6) is 3.54. The molecule has 1 fully saturated rings. The van der Waals surface area contributed by atoms with Crippen molar-refractivity contribution in [2.75, 3.05) is 6.61 Å². The number of unbranched alkanes of at least 4 members (excludes halogenated alkanes) is 3. The predicted molar refractivity (Wildman–Crippen MR) is 107 cm³/mol. The van der Waals surface area contributed by atoms with E-state index in [2.05, 4.69) is 37.6 Å². The van der Waals surface area contributed by atoms with Crippen LogP contribution in [-0.4, -0.2) is 37.4 Å². The number of ether oxygens (including phenoxy) is 2. The minimum absolute atomic E-state index is 0.0189. The fraction of sp³-hybridized carbons (Fsp3) is 0.905. The number of hydrogen-bond acceptors (Lipinski definition) is 2. The normalized spacial score (nSPS) is 19.6. The predicted octanol–water partition coefficient (Wildman–Crippen LogP) is 6.31. The van der Waals surface area contributed by atoms with Crippen molar-refractivity contribution < 1.29 is 9.47 Å². The number of rotatable bonds is 11. The maximum atomic E-state index is 6.04. The molecule has 1 heterocycles. The van der Waals surface area contributed by atoms with Crippen LogP contribution < -0.4 is 0 Å². The molecule has 24 heavy (non-hydrogen) atoms. The van der Waals surface area contributed by atoms with Crippen LogP contribution in [0.4, 0.5) is 0 Å². The summed E-state index contributed by atoms with van der Waals surface area (Å²) < 4.78 is 20.0. The summed E-state index contributed by atoms with van der Waals surface area (Å²) in [6.07, 6.45) is 11.5. The van der Waals surface area contributed by atoms with Gasteiger partial charge in [-0.05, 0) is 0 Å². The van der Waals surface area contributed by atoms with Crippen LogP contribution in [-0.2, 0) is 9.47 Å². The Kier molecular flexibility index (Phi) is 12.5. The van der Waals surface area contributed by atoms with E-state index in [0.717, 1.165) is 13.0 Å². The molecule has 0 aliphatic carbocycles. The average molecular weight is 443 g/mol. The van der Waals surface area contributed by atoms with Gasteiger partial charge in [0.25, 0.3) is 0 Å². The van der Waals surface area contributed by atoms with Crippen LogP contribution in [0.3, 0.4) is 0 Å². The molecular weight excluding hydrogens is 403 g/mol. The molecule has 0 spiro atoms. The molecule has 0 unspecified atom stereocenters. The van der Waals surface area contributed by atoms with E-state index < -0.39 is 18.4 Å². The molecule has 140 valence electrons. The molecule has 3 heteroatoms. The van der Waals surface area contributed by atoms with Crippen LogP contribution in [0, 0.1) is 9.86 Å². The van der Waals surface area contributed by atoms with Gasteiger partial charge in [0.1, 0.15) is 0 Å². The van der Waals surface area contributed by atoms with Gasteiger partial charge in [0.05, 0.1) is 0 Å². The molecular formula is C21H40O2Sn. The summed E-state index contributed by atoms with van der Waals surface area (Å²) in [7, 11) is 0. The van der Waals surface area contributed by atoms with E-state index >= 15 is 0 Å². The third kappa shape index (κ3) is 9.11. The van der Waals surface area contributed by atoms with Gasteiger partial charge < -0.3 is 0 Å². The summed E-state index contributed by atoms with van der Waals surface area (Å²) in [5, 5.41) is 0. The Hall–Kier alpha value is 0.279. The van der Waals surface area contributed by atoms with Gasteiger partial charge >= 0.3 is 156 Å². The second kappa shape index (κ2) is 13.5. The SMILES string of the molecule is CCC[CH2][Sn]([C]#C[C@@H](C)O[C@@H]1CCCCO1)([CH2]CCC)[CH2]CCC. The van der Waals surface area contributed by atoms with E-state index in [1.165, 1.54) is 64.7 Å². The van der Waals surface area contributed by atoms with Crippen molar-refractivity contribution in [1.82, 2.24) is 0 Å². The van der Waals surface area contributed by atoms with Gasteiger partial charge in [-0.1, -0.05) is 0 Å². The van der Waals surface area contributed by atoms with Crippen molar-refractivity contribution in [3.05, 3.63) is 0 Å². The van der Waals surface area contributed by atoms with Crippen LogP contribution >= 0.6 is 0 Å². The molecule has 0 bridgehead atoms. The Morgan fingerprint density at radius 1 is 1.00 bits per heavy atom. The maximum absolute atomic E-state index is 6.04. The van der Waals surface area contributed by atoms with Gasteiger partial charge in [0.2, 0.25) is 0 Å². The van der Waals surface area contributed by atoms with Gasteiger partial charge in [0, 0.05) is 0 Å². The van der Waals surface area contributed by atoms with Crippen LogP contribution in [0.1, 0.15) is 85.5 Å². The Bertz CT molecular complexity index is 344. The zero-order chi connectivity index (χ0) is 17.7. The van der Waals surface area contributed by atoms with Gasteiger partial charge in [-0.2, -0.15) is 0 Å². The molecule has 2 atom stereocenters. The summed E-state index contributed by atoms with van der Waals surface area (Å²) >= 11 is -2.32. The molecule has 0 aromatic carbocycles. The standard InChI is InChI=1S/C9H13O2.3C4H9.Sn/c1-3-8(2)11-9-6-4-5-7-10-9;3*1-3-4-2;/h8-9H,4-7H2,2H3;3*1,3-4H2,2H3;/t8-,9-;;;;/m1..../s1. The third-order valence-corrected chi connectivity index (χ3v) is 18.2. The molecule has 0 amide bonds. The van der Waals surface area contributed by atoms with E-state index in [9.17, 15) is 0 Å². The Labute approximate surface area is 155 Å². The molecule has 0 aromatic heterocycles. The van der Waals surface area contributed by atoms with Crippen molar-refractivity contribution in [3.63, 3.8) is 0 Å². The zero-order valence-electron chi connectivity index (χ0n) is 16.7. The fourth-order valence-electron chi connectivity index (χ4n) is 3.44. The van der Waals surface area contributed by atoms with Gasteiger partial charge in [-0.25, -0.2) is 0 Å². The quantitative estimate of drug-likeness (QED) is 0.275. The Morgan fingerprint density at radius 3 is 2.04 bits per heavy atom. The van der Waals surface area contributed by atoms with Crippen LogP contribution in [0.2, 0.25) is 13.3 Å². The molecule has 1 saturated heterocycles. The van der Waals surface area contributed by atoms with E-state index in [-0.39, 0.29) is 12.4 Å². The Morgan fingerprint density at radius 2 is 1.58 bits per heavy atom. The number of hydrogen-bond donors (Lipinski definition) is 0. The van der Waals surface area contributed by atoms with Crippen molar-refractivity contribution in [2.45, 2.75) is 111 Å².